The molecule has 0 radical (unpaired) electrons. The molecule has 3 nitrogen and oxygen atoms in total. The van der Waals surface area contributed by atoms with Crippen molar-refractivity contribution in [1.82, 2.24) is 0 Å². The minimum Gasteiger partial charge on any atom is -0.198 e. The predicted octanol–water partition coefficient (Wildman–Crippen LogP) is 1.20. The van der Waals surface area contributed by atoms with Gasteiger partial charge < -0.3 is 0 Å². The molecule has 0 bridgehead atoms. The van der Waals surface area contributed by atoms with Gasteiger partial charge in [-0.05, 0) is 13.8 Å². The average Bonchev–Trinajstić information content (AvgIpc) is 1.90. The van der Waals surface area contributed by atoms with Gasteiger partial charge in [0.05, 0.1) is 23.6 Å². The van der Waals surface area contributed by atoms with Gasteiger partial charge >= 0.3 is 0 Å². The van der Waals surface area contributed by atoms with Crippen LogP contribution in [0.1, 0.15) is 13.8 Å². The van der Waals surface area contributed by atoms with Crippen molar-refractivity contribution >= 4 is 0 Å². The van der Waals surface area contributed by atoms with Crippen molar-refractivity contribution in [3.05, 3.63) is 0 Å². The molecule has 0 N–H and O–H groups in total. The molecule has 10 heavy (non-hydrogen) atoms. The number of nitrogens with zero attached hydrogens (tertiary/aromatic N) is 3. The molecule has 50 valence electrons. The fourth-order valence-electron chi connectivity index (χ4n) is 0.416. The van der Waals surface area contributed by atoms with Gasteiger partial charge in [-0.25, -0.2) is 0 Å². The maximum absolute atomic E-state index is 8.47. The van der Waals surface area contributed by atoms with Gasteiger partial charge in [0.15, 0.2) is 5.92 Å². The van der Waals surface area contributed by atoms with Crippen LogP contribution in [0, 0.1) is 45.3 Å². The second-order valence-electron chi connectivity index (χ2n) is 2.52. The molecule has 0 aromatic rings. The van der Waals surface area contributed by atoms with Gasteiger partial charge in [0, 0.05) is 0 Å². The maximum Gasteiger partial charge on any atom is 0.151 e. The zero-order valence-electron chi connectivity index (χ0n) is 5.92. The zero-order valence-corrected chi connectivity index (χ0v) is 5.92. The van der Waals surface area contributed by atoms with E-state index >= 15 is 0 Å². The van der Waals surface area contributed by atoms with Crippen LogP contribution in [0.15, 0.2) is 0 Å². The van der Waals surface area contributed by atoms with Crippen LogP contribution >= 0.6 is 0 Å². The Labute approximate surface area is 60.1 Å². The molecule has 0 aromatic carbocycles. The van der Waals surface area contributed by atoms with Crippen molar-refractivity contribution < 1.29 is 0 Å². The summed E-state index contributed by atoms with van der Waals surface area (Å²) in [6.07, 6.45) is 0. The third-order valence-corrected chi connectivity index (χ3v) is 1.27. The Hall–Kier alpha value is -1.53. The topological polar surface area (TPSA) is 71.4 Å². The van der Waals surface area contributed by atoms with Crippen molar-refractivity contribution in [2.75, 3.05) is 0 Å². The maximum atomic E-state index is 8.47. The molecule has 0 amide bonds. The highest BCUT2D eigenvalue weighted by Crippen LogP contribution is 2.23. The Balaban J connectivity index is 4.55. The first kappa shape index (κ1) is 8.47. The van der Waals surface area contributed by atoms with Crippen molar-refractivity contribution in [2.45, 2.75) is 13.8 Å². The Morgan fingerprint density at radius 2 is 1.50 bits per heavy atom. The third kappa shape index (κ3) is 1.47. The molecule has 0 aromatic heterocycles. The quantitative estimate of drug-likeness (QED) is 0.539. The van der Waals surface area contributed by atoms with Crippen LogP contribution in [0.5, 0.6) is 0 Å². The first-order valence-corrected chi connectivity index (χ1v) is 2.79. The van der Waals surface area contributed by atoms with Crippen molar-refractivity contribution in [1.29, 1.82) is 15.8 Å². The van der Waals surface area contributed by atoms with Crippen LogP contribution in [0.2, 0.25) is 0 Å². The van der Waals surface area contributed by atoms with Crippen LogP contribution in [-0.2, 0) is 0 Å². The van der Waals surface area contributed by atoms with Gasteiger partial charge in [0.2, 0.25) is 0 Å². The third-order valence-electron chi connectivity index (χ3n) is 1.27. The van der Waals surface area contributed by atoms with E-state index in [9.17, 15) is 0 Å². The van der Waals surface area contributed by atoms with Gasteiger partial charge in [-0.15, -0.1) is 0 Å². The van der Waals surface area contributed by atoms with Crippen LogP contribution in [0.25, 0.3) is 0 Å². The molecule has 0 saturated heterocycles. The Kier molecular flexibility index (Phi) is 2.42. The lowest BCUT2D eigenvalue weighted by Crippen LogP contribution is -2.18. The van der Waals surface area contributed by atoms with E-state index in [4.69, 9.17) is 15.8 Å². The lowest BCUT2D eigenvalue weighted by molar-refractivity contribution is 0.431. The van der Waals surface area contributed by atoms with Crippen LogP contribution in [0.3, 0.4) is 0 Å². The first-order chi connectivity index (χ1) is 4.58. The largest absolute Gasteiger partial charge is 0.198 e. The van der Waals surface area contributed by atoms with Crippen LogP contribution in [0.4, 0.5) is 0 Å². The molecule has 0 atom stereocenters. The van der Waals surface area contributed by atoms with E-state index in [2.05, 4.69) is 0 Å². The van der Waals surface area contributed by atoms with Gasteiger partial charge in [-0.1, -0.05) is 0 Å². The Bertz CT molecular complexity index is 219. The highest BCUT2D eigenvalue weighted by Gasteiger charge is 2.29. The Morgan fingerprint density at radius 3 is 1.60 bits per heavy atom. The summed E-state index contributed by atoms with van der Waals surface area (Å²) in [6, 6.07) is 5.42. The van der Waals surface area contributed by atoms with E-state index in [1.807, 2.05) is 6.07 Å². The van der Waals surface area contributed by atoms with Crippen LogP contribution in [-0.4, -0.2) is 0 Å². The zero-order chi connectivity index (χ0) is 8.20. The molecule has 0 unspecified atom stereocenters. The SMILES string of the molecule is CC(C)(C#N)C(C#N)C#N. The number of rotatable bonds is 1. The minimum atomic E-state index is -0.858. The lowest BCUT2D eigenvalue weighted by atomic mass is 9.82. The molecule has 0 aliphatic rings. The number of hydrogen-bond acceptors (Lipinski definition) is 3. The molecule has 0 aliphatic heterocycles. The number of hydrogen-bond donors (Lipinski definition) is 0. The summed E-state index contributed by atoms with van der Waals surface area (Å²) in [4.78, 5) is 0. The van der Waals surface area contributed by atoms with E-state index in [0.717, 1.165) is 0 Å². The summed E-state index contributed by atoms with van der Waals surface area (Å²) in [5.41, 5.74) is -0.858. The lowest BCUT2D eigenvalue weighted by Gasteiger charge is -2.13. The van der Waals surface area contributed by atoms with Gasteiger partial charge in [0.1, 0.15) is 0 Å². The summed E-state index contributed by atoms with van der Waals surface area (Å²) < 4.78 is 0. The summed E-state index contributed by atoms with van der Waals surface area (Å²) in [5.74, 6) is -0.836. The molecule has 0 aliphatic carbocycles. The minimum absolute atomic E-state index is 0.836. The standard InChI is InChI=1S/C7H7N3/c1-7(2,5-10)6(3-8)4-9/h6H,1-2H3. The van der Waals surface area contributed by atoms with E-state index in [1.54, 1.807) is 26.0 Å². The van der Waals surface area contributed by atoms with E-state index in [1.165, 1.54) is 0 Å². The van der Waals surface area contributed by atoms with E-state index < -0.39 is 11.3 Å². The summed E-state index contributed by atoms with van der Waals surface area (Å²) in [5, 5.41) is 25.2. The molecular formula is C7H7N3. The molecule has 0 spiro atoms. The van der Waals surface area contributed by atoms with Gasteiger partial charge in [-0.3, -0.25) is 0 Å². The Morgan fingerprint density at radius 1 is 1.10 bits per heavy atom. The fraction of sp³-hybridized carbons (Fsp3) is 0.571. The molecule has 0 saturated carbocycles. The first-order valence-electron chi connectivity index (χ1n) is 2.79. The van der Waals surface area contributed by atoms with Crippen LogP contribution < -0.4 is 0 Å². The molecular weight excluding hydrogens is 126 g/mol. The summed E-state index contributed by atoms with van der Waals surface area (Å²) in [7, 11) is 0. The smallest absolute Gasteiger partial charge is 0.151 e. The molecule has 0 heterocycles. The van der Waals surface area contributed by atoms with Gasteiger partial charge in [0.25, 0.3) is 0 Å². The highest BCUT2D eigenvalue weighted by molar-refractivity contribution is 5.13. The molecule has 0 fully saturated rings. The molecule has 3 heteroatoms. The van der Waals surface area contributed by atoms with E-state index in [-0.39, 0.29) is 0 Å². The second kappa shape index (κ2) is 2.85. The van der Waals surface area contributed by atoms with Gasteiger partial charge in [-0.2, -0.15) is 15.8 Å². The monoisotopic (exact) mass is 133 g/mol. The molecule has 0 rings (SSSR count). The average molecular weight is 133 g/mol. The van der Waals surface area contributed by atoms with Crippen molar-refractivity contribution in [2.24, 2.45) is 11.3 Å². The highest BCUT2D eigenvalue weighted by atomic mass is 14.4. The second-order valence-corrected chi connectivity index (χ2v) is 2.52. The van der Waals surface area contributed by atoms with Crippen molar-refractivity contribution in [3.8, 4) is 18.2 Å². The number of nitriles is 3. The normalized spacial score (nSPS) is 9.60. The van der Waals surface area contributed by atoms with E-state index in [0.29, 0.717) is 0 Å². The predicted molar refractivity (Wildman–Crippen MR) is 34.1 cm³/mol. The van der Waals surface area contributed by atoms with Crippen molar-refractivity contribution in [3.63, 3.8) is 0 Å². The summed E-state index contributed by atoms with van der Waals surface area (Å²) >= 11 is 0. The fourth-order valence-corrected chi connectivity index (χ4v) is 0.416. The summed E-state index contributed by atoms with van der Waals surface area (Å²) in [6.45, 7) is 3.15.